The van der Waals surface area contributed by atoms with E-state index >= 15 is 0 Å². The van der Waals surface area contributed by atoms with Gasteiger partial charge in [-0.25, -0.2) is 0 Å². The van der Waals surface area contributed by atoms with Crippen molar-refractivity contribution in [3.63, 3.8) is 0 Å². The van der Waals surface area contributed by atoms with Gasteiger partial charge in [0.25, 0.3) is 0 Å². The molecule has 16 heteroatoms. The largest absolute Gasteiger partial charge is 0.394 e. The van der Waals surface area contributed by atoms with E-state index in [1.54, 1.807) is 0 Å². The number of aliphatic hydroxyl groups is 11. The van der Waals surface area contributed by atoms with E-state index < -0.39 is 112 Å². The molecule has 3 aliphatic rings. The van der Waals surface area contributed by atoms with E-state index in [2.05, 4.69) is 0 Å². The molecule has 3 saturated heterocycles. The molecule has 15 atom stereocenters. The Kier molecular flexibility index (Phi) is 9.54. The van der Waals surface area contributed by atoms with Crippen molar-refractivity contribution in [1.29, 1.82) is 0 Å². The third-order valence-electron chi connectivity index (χ3n) is 6.09. The topological polar surface area (TPSA) is 269 Å². The average Bonchev–Trinajstić information content (AvgIpc) is 2.83. The standard InChI is InChI=1S/C18H32O16/c19-1-4-7(22)8(23)12(27)17(31-4)34-15-6(3-21)32-18(13(28)10(15)25)33-14-5(2-20)30-16(29)11(26)9(14)24/h4-29H,1-3H2/t4?,5?,6?,7-,8-,9+,10+,11?,12?,13?,14+,15+,16+,17-,18+/m1/s1. The Labute approximate surface area is 192 Å². The van der Waals surface area contributed by atoms with Gasteiger partial charge in [-0.15, -0.1) is 0 Å². The zero-order valence-corrected chi connectivity index (χ0v) is 17.7. The van der Waals surface area contributed by atoms with Crippen molar-refractivity contribution < 1.29 is 79.9 Å². The van der Waals surface area contributed by atoms with Gasteiger partial charge in [0.15, 0.2) is 18.9 Å². The lowest BCUT2D eigenvalue weighted by molar-refractivity contribution is -0.377. The van der Waals surface area contributed by atoms with Gasteiger partial charge in [-0.05, 0) is 0 Å². The first kappa shape index (κ1) is 27.9. The number of aliphatic hydroxyl groups excluding tert-OH is 11. The number of hydrogen-bond acceptors (Lipinski definition) is 16. The molecular formula is C18H32O16. The lowest BCUT2D eigenvalue weighted by Gasteiger charge is -2.47. The molecule has 3 fully saturated rings. The predicted octanol–water partition coefficient (Wildman–Crippen LogP) is -7.57. The molecule has 200 valence electrons. The van der Waals surface area contributed by atoms with Crippen LogP contribution in [-0.4, -0.2) is 168 Å². The summed E-state index contributed by atoms with van der Waals surface area (Å²) in [5.41, 5.74) is 0. The molecule has 16 nitrogen and oxygen atoms in total. The maximum absolute atomic E-state index is 10.6. The van der Waals surface area contributed by atoms with Crippen molar-refractivity contribution in [3.05, 3.63) is 0 Å². The van der Waals surface area contributed by atoms with Crippen molar-refractivity contribution in [2.75, 3.05) is 19.8 Å². The summed E-state index contributed by atoms with van der Waals surface area (Å²) in [6.07, 6.45) is -25.1. The molecule has 0 radical (unpaired) electrons. The molecule has 0 aromatic carbocycles. The molecule has 0 bridgehead atoms. The Balaban J connectivity index is 1.72. The average molecular weight is 504 g/mol. The van der Waals surface area contributed by atoms with Crippen molar-refractivity contribution in [2.24, 2.45) is 0 Å². The highest BCUT2D eigenvalue weighted by molar-refractivity contribution is 4.96. The summed E-state index contributed by atoms with van der Waals surface area (Å²) in [5, 5.41) is 109. The fraction of sp³-hybridized carbons (Fsp3) is 1.00. The summed E-state index contributed by atoms with van der Waals surface area (Å²) < 4.78 is 26.4. The van der Waals surface area contributed by atoms with E-state index in [9.17, 15) is 56.2 Å². The zero-order valence-electron chi connectivity index (χ0n) is 17.7. The maximum Gasteiger partial charge on any atom is 0.187 e. The van der Waals surface area contributed by atoms with Crippen LogP contribution in [0, 0.1) is 0 Å². The second-order valence-electron chi connectivity index (χ2n) is 8.33. The summed E-state index contributed by atoms with van der Waals surface area (Å²) in [6, 6.07) is 0. The molecule has 3 rings (SSSR count). The van der Waals surface area contributed by atoms with Gasteiger partial charge >= 0.3 is 0 Å². The highest BCUT2D eigenvalue weighted by Crippen LogP contribution is 2.32. The lowest BCUT2D eigenvalue weighted by atomic mass is 9.96. The predicted molar refractivity (Wildman–Crippen MR) is 101 cm³/mol. The third kappa shape index (κ3) is 5.37. The van der Waals surface area contributed by atoms with Crippen LogP contribution < -0.4 is 0 Å². The van der Waals surface area contributed by atoms with Gasteiger partial charge in [0.1, 0.15) is 73.2 Å². The molecule has 0 aliphatic carbocycles. The second-order valence-corrected chi connectivity index (χ2v) is 8.33. The molecule has 0 aromatic heterocycles. The van der Waals surface area contributed by atoms with Gasteiger partial charge in [0, 0.05) is 0 Å². The van der Waals surface area contributed by atoms with Crippen LogP contribution in [0.1, 0.15) is 0 Å². The van der Waals surface area contributed by atoms with Gasteiger partial charge in [-0.1, -0.05) is 0 Å². The highest BCUT2D eigenvalue weighted by atomic mass is 16.8. The minimum atomic E-state index is -1.91. The van der Waals surface area contributed by atoms with Gasteiger partial charge in [-0.2, -0.15) is 0 Å². The molecule has 6 unspecified atom stereocenters. The Bertz CT molecular complexity index is 635. The van der Waals surface area contributed by atoms with Crippen LogP contribution in [0.5, 0.6) is 0 Å². The van der Waals surface area contributed by atoms with Crippen LogP contribution in [0.3, 0.4) is 0 Å². The van der Waals surface area contributed by atoms with E-state index in [-0.39, 0.29) is 0 Å². The molecular weight excluding hydrogens is 472 g/mol. The normalized spacial score (nSPS) is 52.5. The minimum Gasteiger partial charge on any atom is -0.394 e. The molecule has 0 aromatic rings. The van der Waals surface area contributed by atoms with Crippen molar-refractivity contribution in [2.45, 2.75) is 92.1 Å². The van der Waals surface area contributed by atoms with Crippen LogP contribution in [0.2, 0.25) is 0 Å². The fourth-order valence-electron chi connectivity index (χ4n) is 4.06. The second kappa shape index (κ2) is 11.6. The van der Waals surface area contributed by atoms with Crippen LogP contribution in [0.25, 0.3) is 0 Å². The zero-order chi connectivity index (χ0) is 25.3. The van der Waals surface area contributed by atoms with E-state index in [1.807, 2.05) is 0 Å². The Morgan fingerprint density at radius 3 is 1.35 bits per heavy atom. The van der Waals surface area contributed by atoms with E-state index in [0.717, 1.165) is 0 Å². The van der Waals surface area contributed by atoms with Crippen LogP contribution >= 0.6 is 0 Å². The van der Waals surface area contributed by atoms with Gasteiger partial charge in [0.2, 0.25) is 0 Å². The Morgan fingerprint density at radius 1 is 0.441 bits per heavy atom. The molecule has 3 aliphatic heterocycles. The first-order chi connectivity index (χ1) is 16.0. The van der Waals surface area contributed by atoms with E-state index in [0.29, 0.717) is 0 Å². The van der Waals surface area contributed by atoms with Crippen molar-refractivity contribution in [1.82, 2.24) is 0 Å². The van der Waals surface area contributed by atoms with Gasteiger partial charge in [-0.3, -0.25) is 0 Å². The van der Waals surface area contributed by atoms with Gasteiger partial charge < -0.3 is 79.9 Å². The van der Waals surface area contributed by atoms with Crippen LogP contribution in [0.15, 0.2) is 0 Å². The first-order valence-corrected chi connectivity index (χ1v) is 10.6. The molecule has 0 saturated carbocycles. The fourth-order valence-corrected chi connectivity index (χ4v) is 4.06. The quantitative estimate of drug-likeness (QED) is 0.154. The SMILES string of the molecule is OCC1O[C@H](O[C@H]2C(CO)O[C@@H](O[C@H]3C(CO)O[C@H](O)C(O)[C@@H]3O)C(O)[C@@H]2O)C(O)[C@H](O)[C@@H]1O. The summed E-state index contributed by atoms with van der Waals surface area (Å²) in [5.74, 6) is 0. The van der Waals surface area contributed by atoms with Crippen molar-refractivity contribution in [3.8, 4) is 0 Å². The van der Waals surface area contributed by atoms with Gasteiger partial charge in [0.05, 0.1) is 19.8 Å². The van der Waals surface area contributed by atoms with E-state index in [1.165, 1.54) is 0 Å². The summed E-state index contributed by atoms with van der Waals surface area (Å²) in [4.78, 5) is 0. The molecule has 11 N–H and O–H groups in total. The number of rotatable bonds is 7. The first-order valence-electron chi connectivity index (χ1n) is 10.6. The summed E-state index contributed by atoms with van der Waals surface area (Å²) in [7, 11) is 0. The summed E-state index contributed by atoms with van der Waals surface area (Å²) >= 11 is 0. The Hall–Kier alpha value is -0.640. The maximum atomic E-state index is 10.6. The van der Waals surface area contributed by atoms with E-state index in [4.69, 9.17) is 23.7 Å². The molecule has 0 amide bonds. The van der Waals surface area contributed by atoms with Crippen LogP contribution in [0.4, 0.5) is 0 Å². The number of hydrogen-bond donors (Lipinski definition) is 11. The third-order valence-corrected chi connectivity index (χ3v) is 6.09. The Morgan fingerprint density at radius 2 is 0.853 bits per heavy atom. The monoisotopic (exact) mass is 504 g/mol. The smallest absolute Gasteiger partial charge is 0.187 e. The van der Waals surface area contributed by atoms with Crippen molar-refractivity contribution >= 4 is 0 Å². The molecule has 3 heterocycles. The molecule has 0 spiro atoms. The highest BCUT2D eigenvalue weighted by Gasteiger charge is 2.53. The number of ether oxygens (including phenoxy) is 5. The van der Waals surface area contributed by atoms with Crippen LogP contribution in [-0.2, 0) is 23.7 Å². The molecule has 34 heavy (non-hydrogen) atoms. The summed E-state index contributed by atoms with van der Waals surface area (Å²) in [6.45, 7) is -2.32. The minimum absolute atomic E-state index is 0.741. The lowest BCUT2D eigenvalue weighted by Crippen LogP contribution is -2.66.